The van der Waals surface area contributed by atoms with Crippen LogP contribution in [0, 0.1) is 10.1 Å². The van der Waals surface area contributed by atoms with E-state index in [-0.39, 0.29) is 11.3 Å². The van der Waals surface area contributed by atoms with Gasteiger partial charge in [-0.15, -0.1) is 0 Å². The molecule has 0 radical (unpaired) electrons. The van der Waals surface area contributed by atoms with Crippen LogP contribution >= 0.6 is 0 Å². The Morgan fingerprint density at radius 2 is 1.75 bits per heavy atom. The Hall–Kier alpha value is -2.89. The van der Waals surface area contributed by atoms with Crippen molar-refractivity contribution >= 4 is 23.0 Å². The predicted octanol–water partition coefficient (Wildman–Crippen LogP) is 3.06. The number of rotatable bonds is 4. The van der Waals surface area contributed by atoms with E-state index < -0.39 is 10.9 Å². The molecule has 0 aliphatic carbocycles. The van der Waals surface area contributed by atoms with Crippen LogP contribution in [0.4, 0.5) is 17.1 Å². The second-order valence-corrected chi connectivity index (χ2v) is 4.16. The Bertz CT molecular complexity index is 652. The zero-order valence-electron chi connectivity index (χ0n) is 10.7. The first-order valence-electron chi connectivity index (χ1n) is 5.81. The molecule has 0 saturated carbocycles. The van der Waals surface area contributed by atoms with Gasteiger partial charge in [-0.05, 0) is 30.3 Å². The number of benzene rings is 2. The highest BCUT2D eigenvalue weighted by atomic mass is 16.6. The lowest BCUT2D eigenvalue weighted by Gasteiger charge is -2.19. The molecule has 0 unspecified atom stereocenters. The van der Waals surface area contributed by atoms with Crippen molar-refractivity contribution in [3.63, 3.8) is 0 Å². The van der Waals surface area contributed by atoms with Gasteiger partial charge in [0.2, 0.25) is 0 Å². The Morgan fingerprint density at radius 3 is 2.30 bits per heavy atom. The molecule has 2 aromatic rings. The van der Waals surface area contributed by atoms with E-state index in [4.69, 9.17) is 5.11 Å². The number of nitro groups is 1. The van der Waals surface area contributed by atoms with Gasteiger partial charge in [0, 0.05) is 18.8 Å². The smallest absolute Gasteiger partial charge is 0.335 e. The number of anilines is 2. The molecular weight excluding hydrogens is 260 g/mol. The van der Waals surface area contributed by atoms with Crippen LogP contribution in [0.15, 0.2) is 48.5 Å². The molecule has 0 fully saturated rings. The van der Waals surface area contributed by atoms with Gasteiger partial charge in [-0.25, -0.2) is 4.79 Å². The standard InChI is InChI=1S/C14H12N2O4/c1-15(11-8-6-10(7-9-11)14(17)18)12-4-2-3-5-13(12)16(19)20/h2-9H,1H3,(H,17,18). The lowest BCUT2D eigenvalue weighted by atomic mass is 10.2. The minimum absolute atomic E-state index is 0.00249. The van der Waals surface area contributed by atoms with E-state index in [0.717, 1.165) is 0 Å². The SMILES string of the molecule is CN(c1ccc(C(=O)O)cc1)c1ccccc1[N+](=O)[O-]. The maximum absolute atomic E-state index is 11.0. The topological polar surface area (TPSA) is 83.7 Å². The first-order valence-corrected chi connectivity index (χ1v) is 5.81. The minimum atomic E-state index is -1.01. The number of carbonyl (C=O) groups is 1. The van der Waals surface area contributed by atoms with Gasteiger partial charge in [0.25, 0.3) is 5.69 Å². The van der Waals surface area contributed by atoms with E-state index in [1.54, 1.807) is 42.3 Å². The summed E-state index contributed by atoms with van der Waals surface area (Å²) in [5, 5.41) is 19.8. The van der Waals surface area contributed by atoms with Crippen LogP contribution in [-0.4, -0.2) is 23.0 Å². The van der Waals surface area contributed by atoms with E-state index in [9.17, 15) is 14.9 Å². The molecule has 0 aromatic heterocycles. The van der Waals surface area contributed by atoms with E-state index in [1.807, 2.05) is 0 Å². The summed E-state index contributed by atoms with van der Waals surface area (Å²) in [7, 11) is 1.69. The minimum Gasteiger partial charge on any atom is -0.478 e. The van der Waals surface area contributed by atoms with Crippen LogP contribution < -0.4 is 4.90 Å². The third-order valence-corrected chi connectivity index (χ3v) is 2.94. The van der Waals surface area contributed by atoms with Crippen molar-refractivity contribution in [1.29, 1.82) is 0 Å². The first-order chi connectivity index (χ1) is 9.50. The van der Waals surface area contributed by atoms with Crippen molar-refractivity contribution in [3.8, 4) is 0 Å². The van der Waals surface area contributed by atoms with Crippen molar-refractivity contribution in [1.82, 2.24) is 0 Å². The number of carboxylic acid groups (broad SMARTS) is 1. The van der Waals surface area contributed by atoms with E-state index >= 15 is 0 Å². The van der Waals surface area contributed by atoms with Crippen molar-refractivity contribution in [2.45, 2.75) is 0 Å². The lowest BCUT2D eigenvalue weighted by molar-refractivity contribution is -0.384. The van der Waals surface area contributed by atoms with Gasteiger partial charge in [-0.2, -0.15) is 0 Å². The predicted molar refractivity (Wildman–Crippen MR) is 74.6 cm³/mol. The molecule has 20 heavy (non-hydrogen) atoms. The fourth-order valence-electron chi connectivity index (χ4n) is 1.87. The summed E-state index contributed by atoms with van der Waals surface area (Å²) in [6.07, 6.45) is 0. The summed E-state index contributed by atoms with van der Waals surface area (Å²) in [5.74, 6) is -1.01. The summed E-state index contributed by atoms with van der Waals surface area (Å²) in [4.78, 5) is 23.0. The molecule has 2 aromatic carbocycles. The molecule has 0 atom stereocenters. The van der Waals surface area contributed by atoms with Gasteiger partial charge in [0.1, 0.15) is 5.69 Å². The Balaban J connectivity index is 2.38. The summed E-state index contributed by atoms with van der Waals surface area (Å²) < 4.78 is 0. The molecule has 0 aliphatic heterocycles. The van der Waals surface area contributed by atoms with Crippen LogP contribution in [0.1, 0.15) is 10.4 Å². The molecule has 0 bridgehead atoms. The maximum Gasteiger partial charge on any atom is 0.335 e. The summed E-state index contributed by atoms with van der Waals surface area (Å²) in [6, 6.07) is 12.5. The zero-order valence-corrected chi connectivity index (χ0v) is 10.7. The third kappa shape index (κ3) is 2.59. The third-order valence-electron chi connectivity index (χ3n) is 2.94. The highest BCUT2D eigenvalue weighted by Crippen LogP contribution is 2.31. The molecular formula is C14H12N2O4. The number of aromatic carboxylic acids is 1. The van der Waals surface area contributed by atoms with Gasteiger partial charge in [0.05, 0.1) is 10.5 Å². The zero-order chi connectivity index (χ0) is 14.7. The van der Waals surface area contributed by atoms with Crippen LogP contribution in [0.5, 0.6) is 0 Å². The second-order valence-electron chi connectivity index (χ2n) is 4.16. The monoisotopic (exact) mass is 272 g/mol. The molecule has 0 heterocycles. The number of nitro benzene ring substituents is 1. The maximum atomic E-state index is 11.0. The fourth-order valence-corrected chi connectivity index (χ4v) is 1.87. The van der Waals surface area contributed by atoms with Gasteiger partial charge >= 0.3 is 5.97 Å². The number of para-hydroxylation sites is 2. The Labute approximate surface area is 115 Å². The van der Waals surface area contributed by atoms with E-state index in [1.165, 1.54) is 18.2 Å². The van der Waals surface area contributed by atoms with Crippen LogP contribution in [-0.2, 0) is 0 Å². The molecule has 102 valence electrons. The molecule has 1 N–H and O–H groups in total. The van der Waals surface area contributed by atoms with Gasteiger partial charge < -0.3 is 10.0 Å². The quantitative estimate of drug-likeness (QED) is 0.683. The lowest BCUT2D eigenvalue weighted by Crippen LogP contribution is -2.11. The summed E-state index contributed by atoms with van der Waals surface area (Å²) in [6.45, 7) is 0. The molecule has 2 rings (SSSR count). The van der Waals surface area contributed by atoms with E-state index in [0.29, 0.717) is 11.4 Å². The molecule has 0 aliphatic rings. The molecule has 6 nitrogen and oxygen atoms in total. The van der Waals surface area contributed by atoms with Gasteiger partial charge in [-0.1, -0.05) is 12.1 Å². The fraction of sp³-hybridized carbons (Fsp3) is 0.0714. The van der Waals surface area contributed by atoms with Crippen LogP contribution in [0.2, 0.25) is 0 Å². The first kappa shape index (κ1) is 13.5. The van der Waals surface area contributed by atoms with Crippen molar-refractivity contribution < 1.29 is 14.8 Å². The van der Waals surface area contributed by atoms with Crippen molar-refractivity contribution in [2.24, 2.45) is 0 Å². The number of hydrogen-bond acceptors (Lipinski definition) is 4. The van der Waals surface area contributed by atoms with E-state index in [2.05, 4.69) is 0 Å². The second kappa shape index (κ2) is 5.40. The summed E-state index contributed by atoms with van der Waals surface area (Å²) >= 11 is 0. The normalized spacial score (nSPS) is 10.1. The molecule has 0 spiro atoms. The van der Waals surface area contributed by atoms with Gasteiger partial charge in [0.15, 0.2) is 0 Å². The molecule has 0 saturated heterocycles. The average molecular weight is 272 g/mol. The highest BCUT2D eigenvalue weighted by Gasteiger charge is 2.17. The van der Waals surface area contributed by atoms with Crippen molar-refractivity contribution in [2.75, 3.05) is 11.9 Å². The largest absolute Gasteiger partial charge is 0.478 e. The average Bonchev–Trinajstić information content (AvgIpc) is 2.46. The number of carboxylic acids is 1. The Kier molecular flexibility index (Phi) is 3.65. The molecule has 6 heteroatoms. The summed E-state index contributed by atoms with van der Waals surface area (Å²) in [5.41, 5.74) is 1.28. The van der Waals surface area contributed by atoms with Crippen LogP contribution in [0.25, 0.3) is 0 Å². The number of nitrogens with zero attached hydrogens (tertiary/aromatic N) is 2. The van der Waals surface area contributed by atoms with Gasteiger partial charge in [-0.3, -0.25) is 10.1 Å². The highest BCUT2D eigenvalue weighted by molar-refractivity contribution is 5.88. The molecule has 0 amide bonds. The van der Waals surface area contributed by atoms with Crippen LogP contribution in [0.3, 0.4) is 0 Å². The van der Waals surface area contributed by atoms with Crippen molar-refractivity contribution in [3.05, 3.63) is 64.2 Å². The number of hydrogen-bond donors (Lipinski definition) is 1. The Morgan fingerprint density at radius 1 is 1.15 bits per heavy atom.